The Balaban J connectivity index is 1.67. The maximum absolute atomic E-state index is 14.2. The molecular formula is C34H43N3O4S. The van der Waals surface area contributed by atoms with Gasteiger partial charge in [0.15, 0.2) is 0 Å². The molecule has 7 nitrogen and oxygen atoms in total. The predicted octanol–water partition coefficient (Wildman–Crippen LogP) is 5.91. The van der Waals surface area contributed by atoms with E-state index in [1.54, 1.807) is 35.2 Å². The zero-order valence-corrected chi connectivity index (χ0v) is 25.7. The normalized spacial score (nSPS) is 14.5. The van der Waals surface area contributed by atoms with Gasteiger partial charge in [-0.1, -0.05) is 94.3 Å². The van der Waals surface area contributed by atoms with Gasteiger partial charge in [0, 0.05) is 12.6 Å². The fourth-order valence-electron chi connectivity index (χ4n) is 5.54. The second-order valence-electron chi connectivity index (χ2n) is 11.3. The number of hydrogen-bond acceptors (Lipinski definition) is 4. The van der Waals surface area contributed by atoms with Crippen LogP contribution in [0.1, 0.15) is 69.9 Å². The third-order valence-corrected chi connectivity index (χ3v) is 9.82. The van der Waals surface area contributed by atoms with Crippen LogP contribution < -0.4 is 9.62 Å². The number of rotatable bonds is 13. The molecule has 224 valence electrons. The van der Waals surface area contributed by atoms with Gasteiger partial charge < -0.3 is 10.2 Å². The summed E-state index contributed by atoms with van der Waals surface area (Å²) < 4.78 is 29.1. The molecule has 1 N–H and O–H groups in total. The van der Waals surface area contributed by atoms with Crippen molar-refractivity contribution in [2.75, 3.05) is 17.4 Å². The van der Waals surface area contributed by atoms with Crippen molar-refractivity contribution >= 4 is 27.5 Å². The Kier molecular flexibility index (Phi) is 10.8. The molecule has 0 aliphatic heterocycles. The topological polar surface area (TPSA) is 86.8 Å². The maximum atomic E-state index is 14.2. The van der Waals surface area contributed by atoms with Gasteiger partial charge in [-0.05, 0) is 67.0 Å². The number of nitrogens with zero attached hydrogens (tertiary/aromatic N) is 2. The number of benzene rings is 3. The van der Waals surface area contributed by atoms with E-state index in [4.69, 9.17) is 0 Å². The van der Waals surface area contributed by atoms with Gasteiger partial charge in [-0.15, -0.1) is 0 Å². The summed E-state index contributed by atoms with van der Waals surface area (Å²) in [6.45, 7) is 5.92. The smallest absolute Gasteiger partial charge is 0.264 e. The lowest BCUT2D eigenvalue weighted by molar-refractivity contribution is -0.139. The van der Waals surface area contributed by atoms with E-state index in [0.717, 1.165) is 36.8 Å². The molecule has 4 rings (SSSR count). The summed E-state index contributed by atoms with van der Waals surface area (Å²) in [5.74, 6) is -0.312. The molecule has 1 atom stereocenters. The van der Waals surface area contributed by atoms with E-state index >= 15 is 0 Å². The van der Waals surface area contributed by atoms with Crippen LogP contribution in [-0.2, 0) is 26.0 Å². The monoisotopic (exact) mass is 589 g/mol. The molecule has 0 heterocycles. The Labute approximate surface area is 251 Å². The van der Waals surface area contributed by atoms with Crippen LogP contribution in [0.5, 0.6) is 0 Å². The third kappa shape index (κ3) is 7.79. The van der Waals surface area contributed by atoms with Crippen LogP contribution >= 0.6 is 0 Å². The molecule has 1 aliphatic rings. The van der Waals surface area contributed by atoms with Crippen LogP contribution in [-0.4, -0.2) is 50.3 Å². The van der Waals surface area contributed by atoms with Crippen LogP contribution in [0.3, 0.4) is 0 Å². The molecule has 42 heavy (non-hydrogen) atoms. The van der Waals surface area contributed by atoms with Crippen LogP contribution in [0.15, 0.2) is 89.8 Å². The van der Waals surface area contributed by atoms with E-state index in [-0.39, 0.29) is 22.8 Å². The third-order valence-electron chi connectivity index (χ3n) is 8.03. The van der Waals surface area contributed by atoms with E-state index in [0.29, 0.717) is 25.1 Å². The molecule has 3 aromatic rings. The van der Waals surface area contributed by atoms with E-state index in [2.05, 4.69) is 19.2 Å². The molecular weight excluding hydrogens is 546 g/mol. The van der Waals surface area contributed by atoms with Gasteiger partial charge in [-0.2, -0.15) is 0 Å². The summed E-state index contributed by atoms with van der Waals surface area (Å²) in [6.07, 6.45) is 5.02. The van der Waals surface area contributed by atoms with Crippen molar-refractivity contribution < 1.29 is 18.0 Å². The summed E-state index contributed by atoms with van der Waals surface area (Å²) in [5, 5.41) is 3.16. The first-order valence-electron chi connectivity index (χ1n) is 15.0. The average Bonchev–Trinajstić information content (AvgIpc) is 3.51. The van der Waals surface area contributed by atoms with E-state index in [1.807, 2.05) is 49.4 Å². The Morgan fingerprint density at radius 3 is 2.05 bits per heavy atom. The molecule has 1 aliphatic carbocycles. The lowest BCUT2D eigenvalue weighted by Gasteiger charge is -2.33. The fraction of sp³-hybridized carbons (Fsp3) is 0.412. The molecule has 0 bridgehead atoms. The van der Waals surface area contributed by atoms with Gasteiger partial charge >= 0.3 is 0 Å². The highest BCUT2D eigenvalue weighted by atomic mass is 32.2. The van der Waals surface area contributed by atoms with Crippen LogP contribution in [0.25, 0.3) is 0 Å². The number of anilines is 1. The molecule has 1 fully saturated rings. The highest BCUT2D eigenvalue weighted by Gasteiger charge is 2.34. The number of sulfonamides is 1. The largest absolute Gasteiger partial charge is 0.352 e. The number of carbonyl (C=O) groups excluding carboxylic acids is 2. The van der Waals surface area contributed by atoms with Crippen LogP contribution in [0.2, 0.25) is 0 Å². The quantitative estimate of drug-likeness (QED) is 0.268. The number of carbonyl (C=O) groups is 2. The van der Waals surface area contributed by atoms with Gasteiger partial charge in [0.05, 0.1) is 10.6 Å². The summed E-state index contributed by atoms with van der Waals surface area (Å²) in [5.41, 5.74) is 2.52. The first-order chi connectivity index (χ1) is 20.2. The molecule has 2 amide bonds. The van der Waals surface area contributed by atoms with E-state index in [1.165, 1.54) is 16.4 Å². The summed E-state index contributed by atoms with van der Waals surface area (Å²) >= 11 is 0. The average molecular weight is 590 g/mol. The molecule has 3 aromatic carbocycles. The Hall–Kier alpha value is -3.65. The van der Waals surface area contributed by atoms with Crippen molar-refractivity contribution in [3.8, 4) is 0 Å². The standard InChI is InChI=1S/C34H43N3O4S/c1-4-32(34(39)35-29-15-11-12-16-29)36(24-23-27-13-7-5-8-14-27)33(38)25-37(30-21-19-28(20-22-30)26(2)3)42(40,41)31-17-9-6-10-18-31/h5-10,13-14,17-22,26,29,32H,4,11-12,15-16,23-25H2,1-3H3,(H,35,39). The minimum absolute atomic E-state index is 0.104. The Morgan fingerprint density at radius 1 is 0.881 bits per heavy atom. The van der Waals surface area contributed by atoms with Gasteiger partial charge in [-0.25, -0.2) is 8.42 Å². The Bertz CT molecular complexity index is 1400. The van der Waals surface area contributed by atoms with Crippen LogP contribution in [0, 0.1) is 0 Å². The van der Waals surface area contributed by atoms with Gasteiger partial charge in [0.1, 0.15) is 12.6 Å². The summed E-state index contributed by atoms with van der Waals surface area (Å²) in [6, 6.07) is 24.7. The maximum Gasteiger partial charge on any atom is 0.264 e. The first kappa shape index (κ1) is 31.3. The van der Waals surface area contributed by atoms with Crippen molar-refractivity contribution in [3.63, 3.8) is 0 Å². The minimum Gasteiger partial charge on any atom is -0.352 e. The lowest BCUT2D eigenvalue weighted by atomic mass is 10.0. The lowest BCUT2D eigenvalue weighted by Crippen LogP contribution is -2.54. The molecule has 0 saturated heterocycles. The minimum atomic E-state index is -4.07. The second-order valence-corrected chi connectivity index (χ2v) is 13.2. The number of amides is 2. The van der Waals surface area contributed by atoms with Crippen molar-refractivity contribution in [1.29, 1.82) is 0 Å². The Morgan fingerprint density at radius 2 is 1.48 bits per heavy atom. The first-order valence-corrected chi connectivity index (χ1v) is 16.5. The van der Waals surface area contributed by atoms with Gasteiger partial charge in [0.25, 0.3) is 10.0 Å². The summed E-state index contributed by atoms with van der Waals surface area (Å²) in [4.78, 5) is 29.4. The summed E-state index contributed by atoms with van der Waals surface area (Å²) in [7, 11) is -4.07. The molecule has 1 saturated carbocycles. The van der Waals surface area contributed by atoms with Crippen LogP contribution in [0.4, 0.5) is 5.69 Å². The van der Waals surface area contributed by atoms with Gasteiger partial charge in [-0.3, -0.25) is 13.9 Å². The second kappa shape index (κ2) is 14.5. The molecule has 1 unspecified atom stereocenters. The highest BCUT2D eigenvalue weighted by molar-refractivity contribution is 7.92. The fourth-order valence-corrected chi connectivity index (χ4v) is 6.97. The van der Waals surface area contributed by atoms with Crippen molar-refractivity contribution in [2.24, 2.45) is 0 Å². The van der Waals surface area contributed by atoms with Crippen molar-refractivity contribution in [2.45, 2.75) is 82.2 Å². The highest BCUT2D eigenvalue weighted by Crippen LogP contribution is 2.27. The van der Waals surface area contributed by atoms with Gasteiger partial charge in [0.2, 0.25) is 11.8 Å². The zero-order chi connectivity index (χ0) is 30.1. The van der Waals surface area contributed by atoms with Crippen molar-refractivity contribution in [1.82, 2.24) is 10.2 Å². The predicted molar refractivity (Wildman–Crippen MR) is 168 cm³/mol. The SMILES string of the molecule is CCC(C(=O)NC1CCCC1)N(CCc1ccccc1)C(=O)CN(c1ccc(C(C)C)cc1)S(=O)(=O)c1ccccc1. The number of hydrogen-bond donors (Lipinski definition) is 1. The molecule has 8 heteroatoms. The zero-order valence-electron chi connectivity index (χ0n) is 24.9. The number of nitrogens with one attached hydrogen (secondary N) is 1. The molecule has 0 radical (unpaired) electrons. The molecule has 0 aromatic heterocycles. The van der Waals surface area contributed by atoms with Crippen molar-refractivity contribution in [3.05, 3.63) is 96.1 Å². The molecule has 0 spiro atoms. The van der Waals surface area contributed by atoms with E-state index in [9.17, 15) is 18.0 Å². The van der Waals surface area contributed by atoms with E-state index < -0.39 is 28.5 Å².